The van der Waals surface area contributed by atoms with E-state index in [1.54, 1.807) is 16.2 Å². The minimum atomic E-state index is -0.414. The highest BCUT2D eigenvalue weighted by Gasteiger charge is 2.37. The van der Waals surface area contributed by atoms with Gasteiger partial charge in [-0.15, -0.1) is 11.3 Å². The Labute approximate surface area is 167 Å². The largest absolute Gasteiger partial charge is 0.300 e. The maximum atomic E-state index is 12.6. The highest BCUT2D eigenvalue weighted by atomic mass is 32.1. The summed E-state index contributed by atoms with van der Waals surface area (Å²) >= 11 is 1.77. The van der Waals surface area contributed by atoms with Crippen molar-refractivity contribution in [2.24, 2.45) is 0 Å². The van der Waals surface area contributed by atoms with E-state index in [4.69, 9.17) is 4.98 Å². The minimum Gasteiger partial charge on any atom is -0.291 e. The smallest absolute Gasteiger partial charge is 0.291 e. The number of Topliss-reactive ketones (excluding diaryl/α,β-unsaturated/α-hetero) is 1. The number of nitrogens with zero attached hydrogens (tertiary/aromatic N) is 3. The predicted octanol–water partition coefficient (Wildman–Crippen LogP) is 3.97. The van der Waals surface area contributed by atoms with Crippen LogP contribution in [0.4, 0.5) is 5.69 Å². The van der Waals surface area contributed by atoms with Crippen LogP contribution in [0.2, 0.25) is 0 Å². The summed E-state index contributed by atoms with van der Waals surface area (Å²) in [5.74, 6) is -0.432. The van der Waals surface area contributed by atoms with Crippen molar-refractivity contribution in [2.45, 2.75) is 25.7 Å². The maximum absolute atomic E-state index is 12.6. The van der Waals surface area contributed by atoms with Gasteiger partial charge < -0.3 is 0 Å². The molecule has 1 atom stereocenters. The number of aryl methyl sites for hydroxylation is 1. The van der Waals surface area contributed by atoms with Gasteiger partial charge in [0.15, 0.2) is 0 Å². The number of thiazole rings is 1. The summed E-state index contributed by atoms with van der Waals surface area (Å²) in [7, 11) is 0. The number of ketones is 1. The Morgan fingerprint density at radius 1 is 1.18 bits per heavy atom. The van der Waals surface area contributed by atoms with E-state index in [2.05, 4.69) is 17.0 Å². The molecule has 1 aromatic heterocycles. The molecule has 2 aliphatic heterocycles. The highest BCUT2D eigenvalue weighted by molar-refractivity contribution is 7.18. The Hall–Kier alpha value is -2.57. The summed E-state index contributed by atoms with van der Waals surface area (Å²) in [5, 5.41) is 1.17. The second-order valence-electron chi connectivity index (χ2n) is 7.66. The van der Waals surface area contributed by atoms with Crippen molar-refractivity contribution in [3.63, 3.8) is 0 Å². The molecule has 5 rings (SSSR count). The lowest BCUT2D eigenvalue weighted by Crippen LogP contribution is -2.44. The second kappa shape index (κ2) is 6.79. The van der Waals surface area contributed by atoms with Crippen LogP contribution in [0.5, 0.6) is 0 Å². The fourth-order valence-electron chi connectivity index (χ4n) is 4.20. The van der Waals surface area contributed by atoms with Gasteiger partial charge in [-0.2, -0.15) is 0 Å². The number of hydrogen-bond donors (Lipinski definition) is 0. The minimum absolute atomic E-state index is 0.372. The summed E-state index contributed by atoms with van der Waals surface area (Å²) in [5.41, 5.74) is 3.33. The zero-order valence-corrected chi connectivity index (χ0v) is 16.5. The lowest BCUT2D eigenvalue weighted by Gasteiger charge is -2.34. The van der Waals surface area contributed by atoms with E-state index in [-0.39, 0.29) is 0 Å². The zero-order chi connectivity index (χ0) is 19.3. The van der Waals surface area contributed by atoms with E-state index in [0.717, 1.165) is 42.7 Å². The average Bonchev–Trinajstić information content (AvgIpc) is 3.24. The number of para-hydroxylation sites is 1. The third-order valence-electron chi connectivity index (χ3n) is 5.63. The predicted molar refractivity (Wildman–Crippen MR) is 111 cm³/mol. The van der Waals surface area contributed by atoms with Gasteiger partial charge in [-0.3, -0.25) is 19.4 Å². The second-order valence-corrected chi connectivity index (χ2v) is 8.72. The van der Waals surface area contributed by atoms with Crippen LogP contribution in [0.1, 0.15) is 39.7 Å². The van der Waals surface area contributed by atoms with Crippen LogP contribution in [0, 0.1) is 6.92 Å². The molecular weight excluding hydrogens is 370 g/mol. The first-order chi connectivity index (χ1) is 13.6. The molecule has 1 amide bonds. The van der Waals surface area contributed by atoms with E-state index < -0.39 is 11.7 Å². The molecular formula is C22H21N3O2S. The summed E-state index contributed by atoms with van der Waals surface area (Å²) < 4.78 is 1.22. The molecule has 0 unspecified atom stereocenters. The topological polar surface area (TPSA) is 53.5 Å². The molecule has 2 aromatic carbocycles. The number of hydrogen-bond acceptors (Lipinski definition) is 5. The van der Waals surface area contributed by atoms with Gasteiger partial charge in [0.2, 0.25) is 0 Å². The summed E-state index contributed by atoms with van der Waals surface area (Å²) in [6, 6.07) is 13.9. The average molecular weight is 391 g/mol. The Morgan fingerprint density at radius 3 is 2.89 bits per heavy atom. The number of piperidine rings is 1. The Balaban J connectivity index is 1.36. The molecule has 0 radical (unpaired) electrons. The van der Waals surface area contributed by atoms with Gasteiger partial charge >= 0.3 is 5.91 Å². The Kier molecular flexibility index (Phi) is 4.25. The first-order valence-electron chi connectivity index (χ1n) is 9.65. The molecule has 3 heterocycles. The van der Waals surface area contributed by atoms with Gasteiger partial charge in [0.25, 0.3) is 5.78 Å². The van der Waals surface area contributed by atoms with Crippen molar-refractivity contribution in [2.75, 3.05) is 24.7 Å². The van der Waals surface area contributed by atoms with Gasteiger partial charge in [0.1, 0.15) is 0 Å². The number of aromatic nitrogens is 1. The van der Waals surface area contributed by atoms with Crippen molar-refractivity contribution in [3.8, 4) is 0 Å². The lowest BCUT2D eigenvalue weighted by molar-refractivity contribution is -0.114. The first-order valence-corrected chi connectivity index (χ1v) is 10.5. The Morgan fingerprint density at radius 2 is 2.04 bits per heavy atom. The number of benzene rings is 2. The van der Waals surface area contributed by atoms with Gasteiger partial charge in [0.05, 0.1) is 33.1 Å². The van der Waals surface area contributed by atoms with Crippen LogP contribution in [0.15, 0.2) is 42.5 Å². The van der Waals surface area contributed by atoms with Crippen molar-refractivity contribution in [1.82, 2.24) is 9.88 Å². The van der Waals surface area contributed by atoms with E-state index in [0.29, 0.717) is 18.2 Å². The van der Waals surface area contributed by atoms with Crippen LogP contribution in [-0.4, -0.2) is 41.3 Å². The molecule has 142 valence electrons. The first kappa shape index (κ1) is 17.5. The number of rotatable bonds is 3. The van der Waals surface area contributed by atoms with Crippen LogP contribution in [0.25, 0.3) is 10.2 Å². The molecule has 0 N–H and O–H groups in total. The lowest BCUT2D eigenvalue weighted by atomic mass is 9.99. The number of carbonyl (C=O) groups is 2. The Bertz CT molecular complexity index is 1060. The van der Waals surface area contributed by atoms with Gasteiger partial charge in [-0.25, -0.2) is 4.98 Å². The number of carbonyl (C=O) groups excluding carboxylic acids is 2. The van der Waals surface area contributed by atoms with Crippen LogP contribution >= 0.6 is 11.3 Å². The van der Waals surface area contributed by atoms with E-state index in [1.807, 2.05) is 37.3 Å². The van der Waals surface area contributed by atoms with Crippen LogP contribution in [0.3, 0.4) is 0 Å². The molecule has 6 heteroatoms. The molecule has 3 aromatic rings. The van der Waals surface area contributed by atoms with Crippen molar-refractivity contribution in [3.05, 3.63) is 58.6 Å². The van der Waals surface area contributed by atoms with Gasteiger partial charge in [-0.05, 0) is 50.6 Å². The molecule has 0 bridgehead atoms. The molecule has 0 spiro atoms. The van der Waals surface area contributed by atoms with Crippen molar-refractivity contribution in [1.29, 1.82) is 0 Å². The molecule has 1 saturated heterocycles. The van der Waals surface area contributed by atoms with E-state index >= 15 is 0 Å². The molecule has 0 saturated carbocycles. The van der Waals surface area contributed by atoms with Gasteiger partial charge in [0, 0.05) is 12.5 Å². The number of anilines is 1. The SMILES string of the molecule is Cc1ccc2c(c1)C(=O)C(=O)N2CN1CCC[C@@H](c2nc3ccccc3s2)C1. The number of fused-ring (bicyclic) bond motifs is 2. The monoisotopic (exact) mass is 391 g/mol. The normalized spacial score (nSPS) is 20.2. The number of amides is 1. The number of likely N-dealkylation sites (tertiary alicyclic amines) is 1. The van der Waals surface area contributed by atoms with Crippen molar-refractivity contribution >= 4 is 38.9 Å². The molecule has 5 nitrogen and oxygen atoms in total. The maximum Gasteiger partial charge on any atom is 0.300 e. The van der Waals surface area contributed by atoms with E-state index in [1.165, 1.54) is 9.71 Å². The third kappa shape index (κ3) is 2.93. The summed E-state index contributed by atoms with van der Waals surface area (Å²) in [6.07, 6.45) is 2.18. The highest BCUT2D eigenvalue weighted by Crippen LogP contribution is 2.34. The summed E-state index contributed by atoms with van der Waals surface area (Å²) in [4.78, 5) is 33.7. The quantitative estimate of drug-likeness (QED) is 0.634. The fourth-order valence-corrected chi connectivity index (χ4v) is 5.30. The molecule has 28 heavy (non-hydrogen) atoms. The fraction of sp³-hybridized carbons (Fsp3) is 0.318. The molecule has 0 aliphatic carbocycles. The summed E-state index contributed by atoms with van der Waals surface area (Å²) in [6.45, 7) is 4.19. The van der Waals surface area contributed by atoms with Crippen LogP contribution in [-0.2, 0) is 4.79 Å². The molecule has 2 aliphatic rings. The van der Waals surface area contributed by atoms with Crippen molar-refractivity contribution < 1.29 is 9.59 Å². The van der Waals surface area contributed by atoms with E-state index in [9.17, 15) is 9.59 Å². The third-order valence-corrected chi connectivity index (χ3v) is 6.83. The molecule has 1 fully saturated rings. The van der Waals surface area contributed by atoms with Crippen LogP contribution < -0.4 is 4.90 Å². The standard InChI is InChI=1S/C22H21N3O2S/c1-14-8-9-18-16(11-14)20(26)22(27)25(18)13-24-10-4-5-15(12-24)21-23-17-6-2-3-7-19(17)28-21/h2-3,6-9,11,15H,4-5,10,12-13H2,1H3/t15-/m1/s1. The zero-order valence-electron chi connectivity index (χ0n) is 15.7. The van der Waals surface area contributed by atoms with Gasteiger partial charge in [-0.1, -0.05) is 23.8 Å².